The standard InChI is InChI=1S/C17H15NS/c1-19-15-11-16(13-7-3-2-4-8-13)18-17(12-15)14-9-5-6-10-14/h2-12,18H,1H3. The molecule has 0 fully saturated rings. The van der Waals surface area contributed by atoms with Gasteiger partial charge < -0.3 is 5.32 Å². The number of rotatable bonds is 2. The molecule has 1 nitrogen and oxygen atoms in total. The van der Waals surface area contributed by atoms with Crippen molar-refractivity contribution >= 4 is 17.5 Å². The number of hydrogen-bond acceptors (Lipinski definition) is 2. The molecule has 1 heterocycles. The molecule has 94 valence electrons. The van der Waals surface area contributed by atoms with Crippen LogP contribution in [0.2, 0.25) is 0 Å². The van der Waals surface area contributed by atoms with Gasteiger partial charge in [0.1, 0.15) is 0 Å². The highest BCUT2D eigenvalue weighted by Crippen LogP contribution is 2.28. The van der Waals surface area contributed by atoms with E-state index in [4.69, 9.17) is 0 Å². The van der Waals surface area contributed by atoms with E-state index in [9.17, 15) is 0 Å². The molecule has 0 atom stereocenters. The Kier molecular flexibility index (Phi) is 3.43. The first-order valence-electron chi connectivity index (χ1n) is 6.26. The maximum absolute atomic E-state index is 3.52. The van der Waals surface area contributed by atoms with E-state index >= 15 is 0 Å². The fraction of sp³-hybridized carbons (Fsp3) is 0.0588. The van der Waals surface area contributed by atoms with Crippen LogP contribution < -0.4 is 5.32 Å². The second-order valence-corrected chi connectivity index (χ2v) is 5.27. The van der Waals surface area contributed by atoms with Crippen molar-refractivity contribution in [1.29, 1.82) is 0 Å². The van der Waals surface area contributed by atoms with Crippen LogP contribution in [0.5, 0.6) is 0 Å². The third-order valence-electron chi connectivity index (χ3n) is 3.14. The molecule has 2 heteroatoms. The lowest BCUT2D eigenvalue weighted by Gasteiger charge is -2.19. The summed E-state index contributed by atoms with van der Waals surface area (Å²) in [5, 5.41) is 3.52. The normalized spacial score (nSPS) is 17.3. The van der Waals surface area contributed by atoms with Gasteiger partial charge in [-0.05, 0) is 29.5 Å². The van der Waals surface area contributed by atoms with Crippen LogP contribution in [-0.4, -0.2) is 6.26 Å². The Bertz CT molecular complexity index is 616. The molecule has 1 aliphatic carbocycles. The summed E-state index contributed by atoms with van der Waals surface area (Å²) in [7, 11) is 0. The lowest BCUT2D eigenvalue weighted by Crippen LogP contribution is -2.15. The molecule has 0 saturated carbocycles. The maximum Gasteiger partial charge on any atom is 0.0469 e. The molecule has 0 amide bonds. The van der Waals surface area contributed by atoms with Gasteiger partial charge in [0.25, 0.3) is 0 Å². The Morgan fingerprint density at radius 3 is 2.37 bits per heavy atom. The van der Waals surface area contributed by atoms with E-state index in [0.29, 0.717) is 0 Å². The van der Waals surface area contributed by atoms with Crippen molar-refractivity contribution in [1.82, 2.24) is 5.32 Å². The van der Waals surface area contributed by atoms with Gasteiger partial charge in [0, 0.05) is 16.3 Å². The zero-order chi connectivity index (χ0) is 13.1. The molecule has 0 aromatic heterocycles. The van der Waals surface area contributed by atoms with Gasteiger partial charge in [-0.2, -0.15) is 0 Å². The summed E-state index contributed by atoms with van der Waals surface area (Å²) in [5.74, 6) is 0. The summed E-state index contributed by atoms with van der Waals surface area (Å²) in [4.78, 5) is 1.27. The average molecular weight is 265 g/mol. The second kappa shape index (κ2) is 5.37. The van der Waals surface area contributed by atoms with Crippen molar-refractivity contribution < 1.29 is 0 Å². The quantitative estimate of drug-likeness (QED) is 0.857. The second-order valence-electron chi connectivity index (χ2n) is 4.39. The molecule has 3 rings (SSSR count). The number of dihydropyridines is 1. The molecule has 1 aromatic rings. The Balaban J connectivity index is 2.02. The third-order valence-corrected chi connectivity index (χ3v) is 3.84. The van der Waals surface area contributed by atoms with Crippen LogP contribution in [0, 0.1) is 0 Å². The molecule has 0 unspecified atom stereocenters. The summed E-state index contributed by atoms with van der Waals surface area (Å²) in [6.07, 6.45) is 14.9. The van der Waals surface area contributed by atoms with Crippen LogP contribution >= 0.6 is 11.8 Å². The lowest BCUT2D eigenvalue weighted by atomic mass is 10.1. The molecule has 2 aliphatic rings. The fourth-order valence-electron chi connectivity index (χ4n) is 2.14. The van der Waals surface area contributed by atoms with E-state index in [1.165, 1.54) is 16.0 Å². The Labute approximate surface area is 118 Å². The van der Waals surface area contributed by atoms with Crippen LogP contribution in [0.25, 0.3) is 5.70 Å². The topological polar surface area (TPSA) is 12.0 Å². The van der Waals surface area contributed by atoms with Gasteiger partial charge in [-0.15, -0.1) is 11.8 Å². The van der Waals surface area contributed by atoms with Gasteiger partial charge in [-0.1, -0.05) is 54.6 Å². The molecule has 1 N–H and O–H groups in total. The third kappa shape index (κ3) is 2.59. The minimum absolute atomic E-state index is 1.16. The van der Waals surface area contributed by atoms with Crippen molar-refractivity contribution in [2.24, 2.45) is 0 Å². The summed E-state index contributed by atoms with van der Waals surface area (Å²) < 4.78 is 0. The highest BCUT2D eigenvalue weighted by Gasteiger charge is 2.12. The first kappa shape index (κ1) is 12.1. The Hall–Kier alpha value is -1.93. The molecule has 1 aromatic carbocycles. The molecule has 0 spiro atoms. The zero-order valence-corrected chi connectivity index (χ0v) is 11.6. The van der Waals surface area contributed by atoms with Crippen LogP contribution in [0.1, 0.15) is 5.56 Å². The van der Waals surface area contributed by atoms with Gasteiger partial charge in [0.15, 0.2) is 0 Å². The highest BCUT2D eigenvalue weighted by molar-refractivity contribution is 8.02. The fourth-order valence-corrected chi connectivity index (χ4v) is 2.61. The van der Waals surface area contributed by atoms with Gasteiger partial charge >= 0.3 is 0 Å². The first-order chi connectivity index (χ1) is 9.36. The van der Waals surface area contributed by atoms with E-state index in [1.54, 1.807) is 11.8 Å². The average Bonchev–Trinajstić information content (AvgIpc) is 3.02. The van der Waals surface area contributed by atoms with Crippen LogP contribution in [0.4, 0.5) is 0 Å². The lowest BCUT2D eigenvalue weighted by molar-refractivity contribution is 1.10. The van der Waals surface area contributed by atoms with Gasteiger partial charge in [-0.25, -0.2) is 0 Å². The minimum Gasteiger partial charge on any atom is -0.354 e. The highest BCUT2D eigenvalue weighted by atomic mass is 32.2. The van der Waals surface area contributed by atoms with E-state index in [2.05, 4.69) is 72.3 Å². The van der Waals surface area contributed by atoms with Crippen molar-refractivity contribution in [2.45, 2.75) is 0 Å². The molecule has 0 radical (unpaired) electrons. The smallest absolute Gasteiger partial charge is 0.0469 e. The van der Waals surface area contributed by atoms with Crippen LogP contribution in [-0.2, 0) is 0 Å². The summed E-state index contributed by atoms with van der Waals surface area (Å²) >= 11 is 1.77. The Morgan fingerprint density at radius 2 is 1.68 bits per heavy atom. The van der Waals surface area contributed by atoms with Crippen molar-refractivity contribution in [3.8, 4) is 0 Å². The monoisotopic (exact) mass is 265 g/mol. The van der Waals surface area contributed by atoms with Gasteiger partial charge in [0.2, 0.25) is 0 Å². The number of allylic oxidation sites excluding steroid dienone is 7. The summed E-state index contributed by atoms with van der Waals surface area (Å²) in [6.45, 7) is 0. The molecule has 0 bridgehead atoms. The maximum atomic E-state index is 3.52. The zero-order valence-electron chi connectivity index (χ0n) is 10.8. The number of nitrogens with one attached hydrogen (secondary N) is 1. The Morgan fingerprint density at radius 1 is 0.947 bits per heavy atom. The molecular formula is C17H15NS. The van der Waals surface area contributed by atoms with Crippen molar-refractivity contribution in [2.75, 3.05) is 6.26 Å². The van der Waals surface area contributed by atoms with Crippen molar-refractivity contribution in [3.05, 3.63) is 88.5 Å². The predicted octanol–water partition coefficient (Wildman–Crippen LogP) is 4.26. The molecule has 1 aliphatic heterocycles. The summed E-state index contributed by atoms with van der Waals surface area (Å²) in [6, 6.07) is 10.4. The van der Waals surface area contributed by atoms with Crippen molar-refractivity contribution in [3.63, 3.8) is 0 Å². The largest absolute Gasteiger partial charge is 0.354 e. The number of hydrogen-bond donors (Lipinski definition) is 1. The predicted molar refractivity (Wildman–Crippen MR) is 84.5 cm³/mol. The first-order valence-corrected chi connectivity index (χ1v) is 7.48. The minimum atomic E-state index is 1.16. The van der Waals surface area contributed by atoms with Gasteiger partial charge in [0.05, 0.1) is 0 Å². The SMILES string of the molecule is CSC1=CC(=C2C=CC=C2)NC(c2ccccc2)=C1. The van der Waals surface area contributed by atoms with E-state index in [1.807, 2.05) is 6.07 Å². The summed E-state index contributed by atoms with van der Waals surface area (Å²) in [5.41, 5.74) is 4.76. The van der Waals surface area contributed by atoms with Crippen LogP contribution in [0.3, 0.4) is 0 Å². The molecule has 19 heavy (non-hydrogen) atoms. The molecular weight excluding hydrogens is 250 g/mol. The van der Waals surface area contributed by atoms with E-state index in [-0.39, 0.29) is 0 Å². The van der Waals surface area contributed by atoms with Crippen LogP contribution in [0.15, 0.2) is 83.0 Å². The molecule has 0 saturated heterocycles. The van der Waals surface area contributed by atoms with E-state index < -0.39 is 0 Å². The van der Waals surface area contributed by atoms with Gasteiger partial charge in [-0.3, -0.25) is 0 Å². The number of thioether (sulfide) groups is 1. The van der Waals surface area contributed by atoms with E-state index in [0.717, 1.165) is 11.4 Å². The number of benzene rings is 1.